The standard InChI is InChI=1S/C15H19NOS/c1-10-7-15(18-12(10)3)9-16-11(2)13-5-4-6-14(17)8-13/h4-8,11,16-17H,9H2,1-3H3. The van der Waals surface area contributed by atoms with Gasteiger partial charge in [0.15, 0.2) is 0 Å². The molecular formula is C15H19NOS. The van der Waals surface area contributed by atoms with E-state index in [-0.39, 0.29) is 6.04 Å². The molecule has 0 aliphatic carbocycles. The van der Waals surface area contributed by atoms with E-state index in [2.05, 4.69) is 32.2 Å². The molecule has 3 heteroatoms. The van der Waals surface area contributed by atoms with E-state index in [1.54, 1.807) is 6.07 Å². The predicted octanol–water partition coefficient (Wildman–Crippen LogP) is 3.92. The molecule has 2 N–H and O–H groups in total. The van der Waals surface area contributed by atoms with Gasteiger partial charge in [-0.25, -0.2) is 0 Å². The molecule has 96 valence electrons. The smallest absolute Gasteiger partial charge is 0.115 e. The summed E-state index contributed by atoms with van der Waals surface area (Å²) in [6, 6.07) is 9.89. The molecule has 2 rings (SSSR count). The fraction of sp³-hybridized carbons (Fsp3) is 0.333. The molecule has 1 atom stereocenters. The van der Waals surface area contributed by atoms with E-state index < -0.39 is 0 Å². The van der Waals surface area contributed by atoms with Crippen molar-refractivity contribution in [2.45, 2.75) is 33.4 Å². The third kappa shape index (κ3) is 3.12. The second-order valence-electron chi connectivity index (χ2n) is 4.65. The zero-order valence-electron chi connectivity index (χ0n) is 11.0. The zero-order valence-corrected chi connectivity index (χ0v) is 11.8. The molecule has 0 radical (unpaired) electrons. The lowest BCUT2D eigenvalue weighted by Gasteiger charge is -2.13. The van der Waals surface area contributed by atoms with Crippen LogP contribution in [0.1, 0.15) is 33.8 Å². The summed E-state index contributed by atoms with van der Waals surface area (Å²) in [6.45, 7) is 7.29. The lowest BCUT2D eigenvalue weighted by atomic mass is 10.1. The summed E-state index contributed by atoms with van der Waals surface area (Å²) in [5, 5.41) is 12.9. The first-order valence-corrected chi connectivity index (χ1v) is 6.96. The highest BCUT2D eigenvalue weighted by molar-refractivity contribution is 7.12. The summed E-state index contributed by atoms with van der Waals surface area (Å²) in [5.41, 5.74) is 2.47. The Hall–Kier alpha value is -1.32. The van der Waals surface area contributed by atoms with Gasteiger partial charge >= 0.3 is 0 Å². The Balaban J connectivity index is 1.98. The molecule has 0 aliphatic rings. The van der Waals surface area contributed by atoms with Crippen LogP contribution in [0.3, 0.4) is 0 Å². The molecule has 18 heavy (non-hydrogen) atoms. The van der Waals surface area contributed by atoms with Crippen LogP contribution in [0.5, 0.6) is 5.75 Å². The molecule has 1 aromatic heterocycles. The minimum Gasteiger partial charge on any atom is -0.508 e. The average molecular weight is 261 g/mol. The van der Waals surface area contributed by atoms with Gasteiger partial charge in [-0.05, 0) is 50.1 Å². The van der Waals surface area contributed by atoms with Gasteiger partial charge in [0.2, 0.25) is 0 Å². The highest BCUT2D eigenvalue weighted by atomic mass is 32.1. The Morgan fingerprint density at radius 3 is 2.67 bits per heavy atom. The lowest BCUT2D eigenvalue weighted by molar-refractivity contribution is 0.472. The molecule has 0 spiro atoms. The number of benzene rings is 1. The van der Waals surface area contributed by atoms with Crippen molar-refractivity contribution in [3.8, 4) is 5.75 Å². The largest absolute Gasteiger partial charge is 0.508 e. The van der Waals surface area contributed by atoms with Crippen LogP contribution in [0, 0.1) is 13.8 Å². The molecule has 2 aromatic rings. The maximum absolute atomic E-state index is 9.46. The highest BCUT2D eigenvalue weighted by Crippen LogP contribution is 2.22. The highest BCUT2D eigenvalue weighted by Gasteiger charge is 2.07. The van der Waals surface area contributed by atoms with Crippen LogP contribution in [0.25, 0.3) is 0 Å². The van der Waals surface area contributed by atoms with Crippen LogP contribution < -0.4 is 5.32 Å². The maximum atomic E-state index is 9.46. The van der Waals surface area contributed by atoms with Gasteiger partial charge in [-0.1, -0.05) is 12.1 Å². The van der Waals surface area contributed by atoms with Crippen LogP contribution in [-0.2, 0) is 6.54 Å². The molecule has 1 unspecified atom stereocenters. The molecule has 0 aliphatic heterocycles. The van der Waals surface area contributed by atoms with Crippen LogP contribution in [-0.4, -0.2) is 5.11 Å². The van der Waals surface area contributed by atoms with Gasteiger partial charge < -0.3 is 10.4 Å². The van der Waals surface area contributed by atoms with Crippen molar-refractivity contribution in [1.82, 2.24) is 5.32 Å². The van der Waals surface area contributed by atoms with E-state index in [0.29, 0.717) is 5.75 Å². The van der Waals surface area contributed by atoms with Crippen molar-refractivity contribution >= 4 is 11.3 Å². The minimum atomic E-state index is 0.236. The summed E-state index contributed by atoms with van der Waals surface area (Å²) < 4.78 is 0. The van der Waals surface area contributed by atoms with Gasteiger partial charge in [0, 0.05) is 22.3 Å². The van der Waals surface area contributed by atoms with Crippen LogP contribution >= 0.6 is 11.3 Å². The summed E-state index contributed by atoms with van der Waals surface area (Å²) >= 11 is 1.84. The number of aryl methyl sites for hydroxylation is 2. The quantitative estimate of drug-likeness (QED) is 0.874. The first kappa shape index (κ1) is 13.1. The van der Waals surface area contributed by atoms with E-state index in [1.807, 2.05) is 29.5 Å². The second kappa shape index (κ2) is 5.55. The molecule has 1 aromatic carbocycles. The fourth-order valence-electron chi connectivity index (χ4n) is 1.90. The molecule has 2 nitrogen and oxygen atoms in total. The molecule has 0 saturated heterocycles. The monoisotopic (exact) mass is 261 g/mol. The van der Waals surface area contributed by atoms with Crippen LogP contribution in [0.4, 0.5) is 0 Å². The molecule has 0 amide bonds. The van der Waals surface area contributed by atoms with Gasteiger partial charge in [0.1, 0.15) is 5.75 Å². The fourth-order valence-corrected chi connectivity index (χ4v) is 2.91. The summed E-state index contributed by atoms with van der Waals surface area (Å²) in [6.07, 6.45) is 0. The van der Waals surface area contributed by atoms with Gasteiger partial charge in [-0.2, -0.15) is 0 Å². The Kier molecular flexibility index (Phi) is 4.04. The summed E-state index contributed by atoms with van der Waals surface area (Å²) in [7, 11) is 0. The van der Waals surface area contributed by atoms with Crippen molar-refractivity contribution < 1.29 is 5.11 Å². The number of phenols is 1. The minimum absolute atomic E-state index is 0.236. The SMILES string of the molecule is Cc1cc(CNC(C)c2cccc(O)c2)sc1C. The van der Waals surface area contributed by atoms with E-state index in [9.17, 15) is 5.11 Å². The first-order chi connectivity index (χ1) is 8.56. The van der Waals surface area contributed by atoms with Gasteiger partial charge in [0.05, 0.1) is 0 Å². The summed E-state index contributed by atoms with van der Waals surface area (Å²) in [5.74, 6) is 0.323. The van der Waals surface area contributed by atoms with Crippen molar-refractivity contribution in [1.29, 1.82) is 0 Å². The van der Waals surface area contributed by atoms with Crippen molar-refractivity contribution in [2.75, 3.05) is 0 Å². The Morgan fingerprint density at radius 2 is 2.06 bits per heavy atom. The molecular weight excluding hydrogens is 242 g/mol. The van der Waals surface area contributed by atoms with E-state index in [1.165, 1.54) is 15.3 Å². The van der Waals surface area contributed by atoms with Crippen LogP contribution in [0.15, 0.2) is 30.3 Å². The summed E-state index contributed by atoms with van der Waals surface area (Å²) in [4.78, 5) is 2.74. The molecule has 0 bridgehead atoms. The zero-order chi connectivity index (χ0) is 13.1. The van der Waals surface area contributed by atoms with Crippen LogP contribution in [0.2, 0.25) is 0 Å². The maximum Gasteiger partial charge on any atom is 0.115 e. The third-order valence-corrected chi connectivity index (χ3v) is 4.32. The molecule has 1 heterocycles. The number of hydrogen-bond donors (Lipinski definition) is 2. The third-order valence-electron chi connectivity index (χ3n) is 3.17. The Labute approximate surface area is 112 Å². The number of phenolic OH excluding ortho intramolecular Hbond substituents is 1. The van der Waals surface area contributed by atoms with E-state index >= 15 is 0 Å². The Bertz CT molecular complexity index is 514. The Morgan fingerprint density at radius 1 is 1.28 bits per heavy atom. The average Bonchev–Trinajstić information content (AvgIpc) is 2.66. The second-order valence-corrected chi connectivity index (χ2v) is 5.99. The number of rotatable bonds is 4. The lowest BCUT2D eigenvalue weighted by Crippen LogP contribution is -2.17. The van der Waals surface area contributed by atoms with Crippen molar-refractivity contribution in [3.63, 3.8) is 0 Å². The van der Waals surface area contributed by atoms with Gasteiger partial charge in [0.25, 0.3) is 0 Å². The molecule has 0 fully saturated rings. The molecule has 0 saturated carbocycles. The van der Waals surface area contributed by atoms with Crippen molar-refractivity contribution in [3.05, 3.63) is 51.2 Å². The predicted molar refractivity (Wildman–Crippen MR) is 77.2 cm³/mol. The number of aromatic hydroxyl groups is 1. The van der Waals surface area contributed by atoms with Gasteiger partial charge in [-0.15, -0.1) is 11.3 Å². The normalized spacial score (nSPS) is 12.6. The number of nitrogens with one attached hydrogen (secondary N) is 1. The van der Waals surface area contributed by atoms with Gasteiger partial charge in [-0.3, -0.25) is 0 Å². The van der Waals surface area contributed by atoms with E-state index in [4.69, 9.17) is 0 Å². The number of hydrogen-bond acceptors (Lipinski definition) is 3. The van der Waals surface area contributed by atoms with Crippen molar-refractivity contribution in [2.24, 2.45) is 0 Å². The van der Waals surface area contributed by atoms with E-state index in [0.717, 1.165) is 12.1 Å². The topological polar surface area (TPSA) is 32.3 Å². The first-order valence-electron chi connectivity index (χ1n) is 6.14. The number of thiophene rings is 1.